The minimum absolute atomic E-state index is 0.916. The predicted molar refractivity (Wildman–Crippen MR) is 127 cm³/mol. The Balaban J connectivity index is 1.60. The number of nitrogens with zero attached hydrogens (tertiary/aromatic N) is 2. The van der Waals surface area contributed by atoms with Gasteiger partial charge < -0.3 is 0 Å². The SMILES string of the molecule is CCCCCCCCCCCCc1ccc(N=Nc2ccc(CCC)cc2)cc1. The molecule has 2 heteroatoms. The van der Waals surface area contributed by atoms with Crippen LogP contribution < -0.4 is 0 Å². The maximum absolute atomic E-state index is 4.38. The van der Waals surface area contributed by atoms with Gasteiger partial charge in [0.15, 0.2) is 0 Å². The molecule has 0 N–H and O–H groups in total. The lowest BCUT2D eigenvalue weighted by Gasteiger charge is -2.03. The predicted octanol–water partition coefficient (Wildman–Crippen LogP) is 9.52. The van der Waals surface area contributed by atoms with Crippen molar-refractivity contribution in [1.29, 1.82) is 0 Å². The van der Waals surface area contributed by atoms with Gasteiger partial charge in [-0.2, -0.15) is 10.2 Å². The molecule has 0 aliphatic heterocycles. The minimum Gasteiger partial charge on any atom is -0.151 e. The summed E-state index contributed by atoms with van der Waals surface area (Å²) in [6.45, 7) is 4.48. The first kappa shape index (κ1) is 23.3. The number of hydrogen-bond donors (Lipinski definition) is 0. The lowest BCUT2D eigenvalue weighted by atomic mass is 10.0. The summed E-state index contributed by atoms with van der Waals surface area (Å²) in [4.78, 5) is 0. The Bertz CT molecular complexity index is 671. The lowest BCUT2D eigenvalue weighted by molar-refractivity contribution is 0.556. The van der Waals surface area contributed by atoms with E-state index in [2.05, 4.69) is 60.5 Å². The second-order valence-corrected chi connectivity index (χ2v) is 8.21. The van der Waals surface area contributed by atoms with E-state index < -0.39 is 0 Å². The van der Waals surface area contributed by atoms with E-state index in [-0.39, 0.29) is 0 Å². The topological polar surface area (TPSA) is 24.7 Å². The maximum Gasteiger partial charge on any atom is 0.0857 e. The standard InChI is InChI=1S/C27H40N2/c1-3-5-6-7-8-9-10-11-12-13-15-25-18-22-27(23-19-25)29-28-26-20-16-24(14-4-2)17-21-26/h16-23H,3-15H2,1-2H3. The van der Waals surface area contributed by atoms with E-state index >= 15 is 0 Å². The van der Waals surface area contributed by atoms with Gasteiger partial charge in [-0.3, -0.25) is 0 Å². The zero-order valence-electron chi connectivity index (χ0n) is 18.7. The van der Waals surface area contributed by atoms with Crippen molar-refractivity contribution < 1.29 is 0 Å². The Morgan fingerprint density at radius 2 is 0.862 bits per heavy atom. The van der Waals surface area contributed by atoms with Crippen LogP contribution in [0.1, 0.15) is 95.6 Å². The van der Waals surface area contributed by atoms with Crippen LogP contribution in [0, 0.1) is 0 Å². The molecule has 0 saturated heterocycles. The van der Waals surface area contributed by atoms with Crippen molar-refractivity contribution in [2.75, 3.05) is 0 Å². The number of rotatable bonds is 15. The number of aryl methyl sites for hydroxylation is 2. The van der Waals surface area contributed by atoms with Crippen molar-refractivity contribution in [3.8, 4) is 0 Å². The first-order valence-corrected chi connectivity index (χ1v) is 11.9. The minimum atomic E-state index is 0.916. The highest BCUT2D eigenvalue weighted by atomic mass is 15.1. The van der Waals surface area contributed by atoms with Gasteiger partial charge in [-0.1, -0.05) is 102 Å². The van der Waals surface area contributed by atoms with Crippen LogP contribution in [0.25, 0.3) is 0 Å². The van der Waals surface area contributed by atoms with Crippen LogP contribution >= 0.6 is 0 Å². The van der Waals surface area contributed by atoms with Crippen LogP contribution in [0.4, 0.5) is 11.4 Å². The van der Waals surface area contributed by atoms with Gasteiger partial charge in [0.1, 0.15) is 0 Å². The van der Waals surface area contributed by atoms with Gasteiger partial charge >= 0.3 is 0 Å². The monoisotopic (exact) mass is 392 g/mol. The van der Waals surface area contributed by atoms with Crippen LogP contribution in [-0.4, -0.2) is 0 Å². The van der Waals surface area contributed by atoms with E-state index in [1.807, 2.05) is 12.1 Å². The largest absolute Gasteiger partial charge is 0.151 e. The van der Waals surface area contributed by atoms with Gasteiger partial charge in [0, 0.05) is 0 Å². The van der Waals surface area contributed by atoms with E-state index in [0.717, 1.165) is 17.8 Å². The number of hydrogen-bond acceptors (Lipinski definition) is 2. The van der Waals surface area contributed by atoms with Gasteiger partial charge in [0.05, 0.1) is 11.4 Å². The molecule has 0 saturated carbocycles. The van der Waals surface area contributed by atoms with Crippen molar-refractivity contribution in [3.05, 3.63) is 59.7 Å². The number of azo groups is 1. The second-order valence-electron chi connectivity index (χ2n) is 8.21. The summed E-state index contributed by atoms with van der Waals surface area (Å²) < 4.78 is 0. The Kier molecular flexibility index (Phi) is 12.0. The normalized spacial score (nSPS) is 11.4. The lowest BCUT2D eigenvalue weighted by Crippen LogP contribution is -1.86. The van der Waals surface area contributed by atoms with Crippen LogP contribution in [0.15, 0.2) is 58.8 Å². The summed E-state index contributed by atoms with van der Waals surface area (Å²) >= 11 is 0. The Morgan fingerprint density at radius 3 is 1.31 bits per heavy atom. The summed E-state index contributed by atoms with van der Waals surface area (Å²) in [6.07, 6.45) is 17.4. The Labute approximate surface area is 178 Å². The third-order valence-electron chi connectivity index (χ3n) is 5.51. The summed E-state index contributed by atoms with van der Waals surface area (Å²) in [5.41, 5.74) is 4.61. The van der Waals surface area contributed by atoms with Crippen LogP contribution in [-0.2, 0) is 12.8 Å². The third-order valence-corrected chi connectivity index (χ3v) is 5.51. The zero-order valence-corrected chi connectivity index (χ0v) is 18.7. The molecule has 0 bridgehead atoms. The fourth-order valence-corrected chi connectivity index (χ4v) is 3.68. The molecule has 0 amide bonds. The molecule has 0 aromatic heterocycles. The third kappa shape index (κ3) is 10.4. The maximum atomic E-state index is 4.38. The van der Waals surface area contributed by atoms with E-state index in [0.29, 0.717) is 0 Å². The summed E-state index contributed by atoms with van der Waals surface area (Å²) in [7, 11) is 0. The molecule has 0 aliphatic carbocycles. The van der Waals surface area contributed by atoms with Gasteiger partial charge in [-0.25, -0.2) is 0 Å². The molecule has 0 aliphatic rings. The van der Waals surface area contributed by atoms with E-state index in [9.17, 15) is 0 Å². The molecule has 0 atom stereocenters. The van der Waals surface area contributed by atoms with E-state index in [1.165, 1.54) is 88.2 Å². The van der Waals surface area contributed by atoms with Gasteiger partial charge in [-0.15, -0.1) is 0 Å². The van der Waals surface area contributed by atoms with Crippen molar-refractivity contribution in [1.82, 2.24) is 0 Å². The molecule has 158 valence electrons. The molecular formula is C27H40N2. The highest BCUT2D eigenvalue weighted by Gasteiger charge is 1.97. The molecule has 2 nitrogen and oxygen atoms in total. The highest BCUT2D eigenvalue weighted by Crippen LogP contribution is 2.20. The average molecular weight is 393 g/mol. The fraction of sp³-hybridized carbons (Fsp3) is 0.556. The summed E-state index contributed by atoms with van der Waals surface area (Å²) in [5, 5.41) is 8.73. The van der Waals surface area contributed by atoms with Crippen LogP contribution in [0.2, 0.25) is 0 Å². The quantitative estimate of drug-likeness (QED) is 0.213. The van der Waals surface area contributed by atoms with Crippen LogP contribution in [0.5, 0.6) is 0 Å². The fourth-order valence-electron chi connectivity index (χ4n) is 3.68. The first-order valence-electron chi connectivity index (χ1n) is 11.9. The van der Waals surface area contributed by atoms with E-state index in [1.54, 1.807) is 0 Å². The molecule has 2 aromatic rings. The van der Waals surface area contributed by atoms with Gasteiger partial charge in [0.2, 0.25) is 0 Å². The van der Waals surface area contributed by atoms with E-state index in [4.69, 9.17) is 0 Å². The average Bonchev–Trinajstić information content (AvgIpc) is 2.76. The smallest absolute Gasteiger partial charge is 0.0857 e. The molecule has 0 heterocycles. The van der Waals surface area contributed by atoms with Crippen LogP contribution in [0.3, 0.4) is 0 Å². The first-order chi connectivity index (χ1) is 14.3. The molecule has 0 spiro atoms. The molecule has 2 aromatic carbocycles. The molecule has 2 rings (SSSR count). The van der Waals surface area contributed by atoms with Gasteiger partial charge in [-0.05, 0) is 54.7 Å². The molecule has 0 radical (unpaired) electrons. The summed E-state index contributed by atoms with van der Waals surface area (Å²) in [5.74, 6) is 0. The van der Waals surface area contributed by atoms with Crippen molar-refractivity contribution in [2.45, 2.75) is 97.3 Å². The number of benzene rings is 2. The van der Waals surface area contributed by atoms with Gasteiger partial charge in [0.25, 0.3) is 0 Å². The molecule has 29 heavy (non-hydrogen) atoms. The Morgan fingerprint density at radius 1 is 0.448 bits per heavy atom. The molecule has 0 fully saturated rings. The highest BCUT2D eigenvalue weighted by molar-refractivity contribution is 5.42. The molecule has 0 unspecified atom stereocenters. The molecular weight excluding hydrogens is 352 g/mol. The summed E-state index contributed by atoms with van der Waals surface area (Å²) in [6, 6.07) is 17.0. The zero-order chi connectivity index (χ0) is 20.6. The van der Waals surface area contributed by atoms with Crippen molar-refractivity contribution >= 4 is 11.4 Å². The Hall–Kier alpha value is -1.96. The van der Waals surface area contributed by atoms with Crippen molar-refractivity contribution in [2.24, 2.45) is 10.2 Å². The second kappa shape index (κ2) is 15.0. The van der Waals surface area contributed by atoms with Crippen molar-refractivity contribution in [3.63, 3.8) is 0 Å². The number of unbranched alkanes of at least 4 members (excludes halogenated alkanes) is 9.